The molecule has 0 atom stereocenters. The van der Waals surface area contributed by atoms with Gasteiger partial charge < -0.3 is 15.6 Å². The van der Waals surface area contributed by atoms with E-state index in [1.165, 1.54) is 0 Å². The molecule has 3 N–H and O–H groups in total. The Balaban J connectivity index is 1.22. The molecule has 1 heterocycles. The average Bonchev–Trinajstić information content (AvgIpc) is 3.53. The predicted molar refractivity (Wildman–Crippen MR) is 127 cm³/mol. The molecule has 4 rings (SSSR count). The van der Waals surface area contributed by atoms with Crippen molar-refractivity contribution in [2.24, 2.45) is 0 Å². The number of hydrogen-bond acceptors (Lipinski definition) is 4. The molecule has 0 spiro atoms. The molecule has 0 aliphatic heterocycles. The van der Waals surface area contributed by atoms with Gasteiger partial charge >= 0.3 is 0 Å². The van der Waals surface area contributed by atoms with Crippen molar-refractivity contribution < 1.29 is 9.59 Å². The maximum absolute atomic E-state index is 12.6. The first-order valence-corrected chi connectivity index (χ1v) is 11.3. The largest absolute Gasteiger partial charge is 0.356 e. The number of benzene rings is 2. The minimum atomic E-state index is -0.0282. The highest BCUT2D eigenvalue weighted by Gasteiger charge is 2.30. The van der Waals surface area contributed by atoms with Gasteiger partial charge in [-0.2, -0.15) is 0 Å². The number of para-hydroxylation sites is 3. The third-order valence-corrected chi connectivity index (χ3v) is 5.90. The summed E-state index contributed by atoms with van der Waals surface area (Å²) in [5.74, 6) is 0.843. The fourth-order valence-electron chi connectivity index (χ4n) is 3.98. The van der Waals surface area contributed by atoms with Gasteiger partial charge in [-0.3, -0.25) is 14.5 Å². The van der Waals surface area contributed by atoms with Gasteiger partial charge in [0.2, 0.25) is 11.8 Å². The van der Waals surface area contributed by atoms with E-state index in [1.807, 2.05) is 56.3 Å². The number of amides is 2. The molecule has 1 saturated carbocycles. The maximum Gasteiger partial charge on any atom is 0.238 e. The van der Waals surface area contributed by atoms with Crippen molar-refractivity contribution in [1.82, 2.24) is 20.2 Å². The lowest BCUT2D eigenvalue weighted by Gasteiger charge is -2.22. The molecule has 0 bridgehead atoms. The normalized spacial score (nSPS) is 13.5. The molecule has 1 aliphatic carbocycles. The Hall–Kier alpha value is -3.19. The topological polar surface area (TPSA) is 90.1 Å². The zero-order valence-electron chi connectivity index (χ0n) is 18.8. The van der Waals surface area contributed by atoms with Crippen LogP contribution in [0.2, 0.25) is 0 Å². The molecule has 0 unspecified atom stereocenters. The van der Waals surface area contributed by atoms with E-state index >= 15 is 0 Å². The molecule has 7 nitrogen and oxygen atoms in total. The van der Waals surface area contributed by atoms with Crippen LogP contribution in [0.15, 0.2) is 42.5 Å². The SMILES string of the molecule is Cc1cccc(C)c1NC(=O)CN(CCC(=O)NCCc1nc2ccccc2[nH]1)C1CC1. The summed E-state index contributed by atoms with van der Waals surface area (Å²) in [7, 11) is 0. The summed E-state index contributed by atoms with van der Waals surface area (Å²) in [5, 5.41) is 6.02. The molecule has 0 radical (unpaired) electrons. The minimum Gasteiger partial charge on any atom is -0.356 e. The summed E-state index contributed by atoms with van der Waals surface area (Å²) < 4.78 is 0. The lowest BCUT2D eigenvalue weighted by Crippen LogP contribution is -2.38. The average molecular weight is 434 g/mol. The Morgan fingerprint density at radius 2 is 1.81 bits per heavy atom. The molecule has 2 aromatic carbocycles. The quantitative estimate of drug-likeness (QED) is 0.457. The minimum absolute atomic E-state index is 0.00178. The van der Waals surface area contributed by atoms with E-state index in [1.54, 1.807) is 0 Å². The Morgan fingerprint density at radius 3 is 2.53 bits per heavy atom. The van der Waals surface area contributed by atoms with Gasteiger partial charge in [0.15, 0.2) is 0 Å². The number of imidazole rings is 1. The smallest absolute Gasteiger partial charge is 0.238 e. The first-order valence-electron chi connectivity index (χ1n) is 11.3. The molecule has 1 aromatic heterocycles. The zero-order valence-corrected chi connectivity index (χ0v) is 18.8. The number of rotatable bonds is 10. The molecule has 1 aliphatic rings. The number of carbonyl (C=O) groups is 2. The van der Waals surface area contributed by atoms with Crippen LogP contribution in [0.3, 0.4) is 0 Å². The molecule has 2 amide bonds. The lowest BCUT2D eigenvalue weighted by molar-refractivity contribution is -0.122. The van der Waals surface area contributed by atoms with Crippen LogP contribution < -0.4 is 10.6 Å². The van der Waals surface area contributed by atoms with Gasteiger partial charge in [-0.1, -0.05) is 30.3 Å². The van der Waals surface area contributed by atoms with Crippen LogP contribution in [0.25, 0.3) is 11.0 Å². The van der Waals surface area contributed by atoms with Crippen molar-refractivity contribution in [3.8, 4) is 0 Å². The molecular weight excluding hydrogens is 402 g/mol. The summed E-state index contributed by atoms with van der Waals surface area (Å²) in [5.41, 5.74) is 4.94. The Labute approximate surface area is 188 Å². The van der Waals surface area contributed by atoms with E-state index in [0.717, 1.165) is 46.5 Å². The van der Waals surface area contributed by atoms with Gasteiger partial charge in [0.05, 0.1) is 17.6 Å². The number of nitrogens with one attached hydrogen (secondary N) is 3. The van der Waals surface area contributed by atoms with E-state index in [4.69, 9.17) is 0 Å². The third-order valence-electron chi connectivity index (χ3n) is 5.90. The number of aromatic nitrogens is 2. The van der Waals surface area contributed by atoms with Crippen molar-refractivity contribution in [1.29, 1.82) is 0 Å². The van der Waals surface area contributed by atoms with Crippen LogP contribution in [0.5, 0.6) is 0 Å². The monoisotopic (exact) mass is 433 g/mol. The van der Waals surface area contributed by atoms with Crippen molar-refractivity contribution in [3.63, 3.8) is 0 Å². The number of hydrogen-bond donors (Lipinski definition) is 3. The Bertz CT molecular complexity index is 1050. The molecular formula is C25H31N5O2. The predicted octanol–water partition coefficient (Wildman–Crippen LogP) is 3.33. The number of aromatic amines is 1. The summed E-state index contributed by atoms with van der Waals surface area (Å²) in [6, 6.07) is 14.3. The fraction of sp³-hybridized carbons (Fsp3) is 0.400. The summed E-state index contributed by atoms with van der Waals surface area (Å²) >= 11 is 0. The van der Waals surface area contributed by atoms with Gasteiger partial charge in [0, 0.05) is 37.7 Å². The van der Waals surface area contributed by atoms with Crippen LogP contribution in [-0.2, 0) is 16.0 Å². The standard InChI is InChI=1S/C25H31N5O2/c1-17-6-5-7-18(2)25(17)29-24(32)16-30(19-10-11-19)15-13-23(31)26-14-12-22-27-20-8-3-4-9-21(20)28-22/h3-9,19H,10-16H2,1-2H3,(H,26,31)(H,27,28)(H,29,32). The molecule has 0 saturated heterocycles. The molecule has 32 heavy (non-hydrogen) atoms. The fourth-order valence-corrected chi connectivity index (χ4v) is 3.98. The van der Waals surface area contributed by atoms with Gasteiger partial charge in [0.25, 0.3) is 0 Å². The van der Waals surface area contributed by atoms with E-state index in [2.05, 4.69) is 25.5 Å². The number of anilines is 1. The molecule has 1 fully saturated rings. The molecule has 7 heteroatoms. The van der Waals surface area contributed by atoms with Crippen molar-refractivity contribution in [2.75, 3.05) is 25.0 Å². The first-order chi connectivity index (χ1) is 15.5. The van der Waals surface area contributed by atoms with Gasteiger partial charge in [-0.05, 0) is 49.9 Å². The van der Waals surface area contributed by atoms with Gasteiger partial charge in [0.1, 0.15) is 5.82 Å². The summed E-state index contributed by atoms with van der Waals surface area (Å²) in [4.78, 5) is 34.9. The second kappa shape index (κ2) is 9.96. The highest BCUT2D eigenvalue weighted by molar-refractivity contribution is 5.93. The van der Waals surface area contributed by atoms with E-state index in [0.29, 0.717) is 38.5 Å². The maximum atomic E-state index is 12.6. The Morgan fingerprint density at radius 1 is 1.06 bits per heavy atom. The number of fused-ring (bicyclic) bond motifs is 1. The second-order valence-corrected chi connectivity index (χ2v) is 8.57. The van der Waals surface area contributed by atoms with Crippen LogP contribution in [0.4, 0.5) is 5.69 Å². The van der Waals surface area contributed by atoms with Crippen molar-refractivity contribution in [3.05, 3.63) is 59.4 Å². The van der Waals surface area contributed by atoms with Crippen LogP contribution in [-0.4, -0.2) is 52.4 Å². The Kier molecular flexibility index (Phi) is 6.85. The van der Waals surface area contributed by atoms with E-state index in [9.17, 15) is 9.59 Å². The van der Waals surface area contributed by atoms with E-state index < -0.39 is 0 Å². The van der Waals surface area contributed by atoms with Crippen LogP contribution in [0.1, 0.15) is 36.2 Å². The zero-order chi connectivity index (χ0) is 22.5. The van der Waals surface area contributed by atoms with Crippen LogP contribution in [0, 0.1) is 13.8 Å². The molecule has 168 valence electrons. The van der Waals surface area contributed by atoms with Crippen molar-refractivity contribution in [2.45, 2.75) is 45.6 Å². The molecule has 3 aromatic rings. The lowest BCUT2D eigenvalue weighted by atomic mass is 10.1. The highest BCUT2D eigenvalue weighted by Crippen LogP contribution is 2.27. The number of H-pyrrole nitrogens is 1. The summed E-state index contributed by atoms with van der Waals surface area (Å²) in [6.07, 6.45) is 3.22. The third kappa shape index (κ3) is 5.73. The van der Waals surface area contributed by atoms with Gasteiger partial charge in [-0.25, -0.2) is 4.98 Å². The number of carbonyl (C=O) groups excluding carboxylic acids is 2. The summed E-state index contributed by atoms with van der Waals surface area (Å²) in [6.45, 7) is 5.43. The number of nitrogens with zero attached hydrogens (tertiary/aromatic N) is 2. The van der Waals surface area contributed by atoms with E-state index in [-0.39, 0.29) is 11.8 Å². The van der Waals surface area contributed by atoms with Crippen LogP contribution >= 0.6 is 0 Å². The number of aryl methyl sites for hydroxylation is 2. The first kappa shape index (κ1) is 22.0. The second-order valence-electron chi connectivity index (χ2n) is 8.57. The van der Waals surface area contributed by atoms with Crippen molar-refractivity contribution >= 4 is 28.5 Å². The highest BCUT2D eigenvalue weighted by atomic mass is 16.2. The van der Waals surface area contributed by atoms with Gasteiger partial charge in [-0.15, -0.1) is 0 Å².